The Bertz CT molecular complexity index is 627. The molecule has 3 fully saturated rings. The molecular formula is C20H28N2O3. The molecule has 1 aliphatic heterocycles. The molecule has 2 heterocycles. The lowest BCUT2D eigenvalue weighted by Gasteiger charge is -2.34. The molecule has 3 aliphatic rings. The van der Waals surface area contributed by atoms with Gasteiger partial charge in [0.05, 0.1) is 17.7 Å². The molecular weight excluding hydrogens is 316 g/mol. The topological polar surface area (TPSA) is 62.6 Å². The summed E-state index contributed by atoms with van der Waals surface area (Å²) in [4.78, 5) is 27.0. The van der Waals surface area contributed by atoms with Crippen LogP contribution < -0.4 is 5.32 Å². The van der Waals surface area contributed by atoms with E-state index in [1.54, 1.807) is 11.0 Å². The van der Waals surface area contributed by atoms with Gasteiger partial charge in [0.2, 0.25) is 5.91 Å². The Morgan fingerprint density at radius 1 is 1.28 bits per heavy atom. The molecule has 5 nitrogen and oxygen atoms in total. The van der Waals surface area contributed by atoms with Crippen LogP contribution in [0.3, 0.4) is 0 Å². The minimum absolute atomic E-state index is 0.0348. The fourth-order valence-corrected chi connectivity index (χ4v) is 5.30. The molecule has 25 heavy (non-hydrogen) atoms. The van der Waals surface area contributed by atoms with E-state index in [2.05, 4.69) is 12.2 Å². The Morgan fingerprint density at radius 2 is 2.16 bits per heavy atom. The van der Waals surface area contributed by atoms with E-state index in [9.17, 15) is 9.59 Å². The van der Waals surface area contributed by atoms with Gasteiger partial charge in [-0.25, -0.2) is 0 Å². The number of piperidine rings is 1. The molecule has 1 aromatic rings. The lowest BCUT2D eigenvalue weighted by molar-refractivity contribution is -0.127. The zero-order chi connectivity index (χ0) is 17.4. The second-order valence-electron chi connectivity index (χ2n) is 8.24. The summed E-state index contributed by atoms with van der Waals surface area (Å²) < 4.78 is 5.01. The molecule has 1 saturated heterocycles. The maximum atomic E-state index is 12.8. The summed E-state index contributed by atoms with van der Waals surface area (Å²) in [5, 5.41) is 3.28. The Hall–Kier alpha value is -1.78. The second-order valence-corrected chi connectivity index (χ2v) is 8.24. The van der Waals surface area contributed by atoms with Crippen molar-refractivity contribution in [3.63, 3.8) is 0 Å². The first-order valence-electron chi connectivity index (χ1n) is 9.73. The van der Waals surface area contributed by atoms with Gasteiger partial charge in [-0.1, -0.05) is 6.42 Å². The number of nitrogens with zero attached hydrogens (tertiary/aromatic N) is 1. The zero-order valence-electron chi connectivity index (χ0n) is 14.9. The van der Waals surface area contributed by atoms with Gasteiger partial charge >= 0.3 is 0 Å². The maximum absolute atomic E-state index is 12.8. The van der Waals surface area contributed by atoms with E-state index in [4.69, 9.17) is 4.42 Å². The molecule has 2 saturated carbocycles. The van der Waals surface area contributed by atoms with Crippen LogP contribution >= 0.6 is 0 Å². The van der Waals surface area contributed by atoms with E-state index in [0.29, 0.717) is 18.0 Å². The van der Waals surface area contributed by atoms with Crippen LogP contribution in [-0.2, 0) is 4.79 Å². The molecule has 2 aliphatic carbocycles. The molecule has 1 aromatic heterocycles. The minimum Gasteiger partial charge on any atom is -0.472 e. The fourth-order valence-electron chi connectivity index (χ4n) is 5.30. The van der Waals surface area contributed by atoms with Gasteiger partial charge in [0.15, 0.2) is 0 Å². The third-order valence-corrected chi connectivity index (χ3v) is 6.65. The zero-order valence-corrected chi connectivity index (χ0v) is 14.9. The third kappa shape index (κ3) is 3.33. The van der Waals surface area contributed by atoms with Crippen LogP contribution in [0.25, 0.3) is 0 Å². The number of nitrogens with one attached hydrogen (secondary N) is 1. The van der Waals surface area contributed by atoms with Crippen LogP contribution in [0.4, 0.5) is 0 Å². The van der Waals surface area contributed by atoms with E-state index >= 15 is 0 Å². The molecule has 4 rings (SSSR count). The van der Waals surface area contributed by atoms with Crippen LogP contribution in [0.1, 0.15) is 55.8 Å². The van der Waals surface area contributed by atoms with Crippen LogP contribution in [0, 0.1) is 23.7 Å². The first-order chi connectivity index (χ1) is 12.1. The summed E-state index contributed by atoms with van der Waals surface area (Å²) in [6, 6.07) is 1.94. The quantitative estimate of drug-likeness (QED) is 0.913. The van der Waals surface area contributed by atoms with E-state index < -0.39 is 0 Å². The molecule has 5 atom stereocenters. The molecule has 2 bridgehead atoms. The number of amides is 2. The van der Waals surface area contributed by atoms with Gasteiger partial charge in [0, 0.05) is 19.1 Å². The smallest absolute Gasteiger partial charge is 0.257 e. The SMILES string of the molecule is CC(NC(=O)C1CCCN(C(=O)c2ccoc2)C1)C1CC2CCC1C2. The van der Waals surface area contributed by atoms with E-state index in [1.165, 1.54) is 38.2 Å². The fraction of sp³-hybridized carbons (Fsp3) is 0.700. The van der Waals surface area contributed by atoms with Crippen molar-refractivity contribution in [2.45, 2.75) is 51.5 Å². The van der Waals surface area contributed by atoms with Crippen molar-refractivity contribution >= 4 is 11.8 Å². The van der Waals surface area contributed by atoms with Crippen molar-refractivity contribution in [1.82, 2.24) is 10.2 Å². The largest absolute Gasteiger partial charge is 0.472 e. The molecule has 0 radical (unpaired) electrons. The maximum Gasteiger partial charge on any atom is 0.257 e. The van der Waals surface area contributed by atoms with Gasteiger partial charge in [-0.15, -0.1) is 0 Å². The van der Waals surface area contributed by atoms with Crippen molar-refractivity contribution < 1.29 is 14.0 Å². The van der Waals surface area contributed by atoms with Crippen LogP contribution in [-0.4, -0.2) is 35.8 Å². The summed E-state index contributed by atoms with van der Waals surface area (Å²) in [5.74, 6) is 2.35. The minimum atomic E-state index is -0.0920. The van der Waals surface area contributed by atoms with Gasteiger partial charge < -0.3 is 14.6 Å². The number of rotatable bonds is 4. The molecule has 0 aromatic carbocycles. The Morgan fingerprint density at radius 3 is 2.84 bits per heavy atom. The second kappa shape index (κ2) is 6.85. The van der Waals surface area contributed by atoms with Gasteiger partial charge in [-0.05, 0) is 62.8 Å². The highest BCUT2D eigenvalue weighted by atomic mass is 16.3. The molecule has 5 heteroatoms. The standard InChI is InChI=1S/C20H28N2O3/c1-13(18-10-14-4-5-15(18)9-14)21-19(23)16-3-2-7-22(11-16)20(24)17-6-8-25-12-17/h6,8,12-16,18H,2-5,7,9-11H2,1H3,(H,21,23). The summed E-state index contributed by atoms with van der Waals surface area (Å²) in [6.07, 6.45) is 10.1. The number of furan rings is 1. The predicted octanol–water partition coefficient (Wildman–Crippen LogP) is 3.07. The number of hydrogen-bond donors (Lipinski definition) is 1. The summed E-state index contributed by atoms with van der Waals surface area (Å²) in [7, 11) is 0. The average molecular weight is 344 g/mol. The molecule has 136 valence electrons. The van der Waals surface area contributed by atoms with Crippen molar-refractivity contribution in [1.29, 1.82) is 0 Å². The molecule has 0 spiro atoms. The molecule has 1 N–H and O–H groups in total. The number of carbonyl (C=O) groups excluding carboxylic acids is 2. The van der Waals surface area contributed by atoms with Crippen molar-refractivity contribution in [3.05, 3.63) is 24.2 Å². The number of carbonyl (C=O) groups is 2. The van der Waals surface area contributed by atoms with Gasteiger partial charge in [0.1, 0.15) is 6.26 Å². The van der Waals surface area contributed by atoms with Crippen LogP contribution in [0.15, 0.2) is 23.0 Å². The average Bonchev–Trinajstić information content (AvgIpc) is 3.38. The van der Waals surface area contributed by atoms with E-state index in [1.807, 2.05) is 0 Å². The van der Waals surface area contributed by atoms with Crippen molar-refractivity contribution in [3.8, 4) is 0 Å². The Kier molecular flexibility index (Phi) is 4.57. The lowest BCUT2D eigenvalue weighted by Crippen LogP contribution is -2.48. The summed E-state index contributed by atoms with van der Waals surface area (Å²) in [5.41, 5.74) is 0.566. The third-order valence-electron chi connectivity index (χ3n) is 6.65. The summed E-state index contributed by atoms with van der Waals surface area (Å²) >= 11 is 0. The van der Waals surface area contributed by atoms with Crippen LogP contribution in [0.2, 0.25) is 0 Å². The Balaban J connectivity index is 1.33. The van der Waals surface area contributed by atoms with E-state index in [-0.39, 0.29) is 23.8 Å². The highest BCUT2D eigenvalue weighted by Gasteiger charge is 2.42. The van der Waals surface area contributed by atoms with Crippen molar-refractivity contribution in [2.75, 3.05) is 13.1 Å². The highest BCUT2D eigenvalue weighted by Crippen LogP contribution is 2.49. The van der Waals surface area contributed by atoms with Gasteiger partial charge in [-0.3, -0.25) is 9.59 Å². The Labute approximate surface area is 149 Å². The molecule has 5 unspecified atom stereocenters. The monoisotopic (exact) mass is 344 g/mol. The van der Waals surface area contributed by atoms with E-state index in [0.717, 1.165) is 31.2 Å². The van der Waals surface area contributed by atoms with Gasteiger partial charge in [-0.2, -0.15) is 0 Å². The lowest BCUT2D eigenvalue weighted by atomic mass is 9.83. The normalized spacial score (nSPS) is 32.6. The molecule has 2 amide bonds. The van der Waals surface area contributed by atoms with Gasteiger partial charge in [0.25, 0.3) is 5.91 Å². The number of likely N-dealkylation sites (tertiary alicyclic amines) is 1. The number of fused-ring (bicyclic) bond motifs is 2. The number of hydrogen-bond acceptors (Lipinski definition) is 3. The van der Waals surface area contributed by atoms with Crippen LogP contribution in [0.5, 0.6) is 0 Å². The first-order valence-corrected chi connectivity index (χ1v) is 9.73. The summed E-state index contributed by atoms with van der Waals surface area (Å²) in [6.45, 7) is 3.40. The predicted molar refractivity (Wildman–Crippen MR) is 93.9 cm³/mol. The first kappa shape index (κ1) is 16.7. The highest BCUT2D eigenvalue weighted by molar-refractivity contribution is 5.94. The van der Waals surface area contributed by atoms with Crippen molar-refractivity contribution in [2.24, 2.45) is 23.7 Å².